The normalized spacial score (nSPS) is 23.5. The summed E-state index contributed by atoms with van der Waals surface area (Å²) in [5, 5.41) is 14.3. The van der Waals surface area contributed by atoms with E-state index < -0.39 is 11.9 Å². The van der Waals surface area contributed by atoms with Gasteiger partial charge in [0.1, 0.15) is 11.9 Å². The van der Waals surface area contributed by atoms with Crippen molar-refractivity contribution >= 4 is 27.6 Å². The minimum absolute atomic E-state index is 0.0191. The third-order valence-corrected chi connectivity index (χ3v) is 6.87. The number of benzene rings is 2. The van der Waals surface area contributed by atoms with Crippen LogP contribution in [0.1, 0.15) is 31.2 Å². The van der Waals surface area contributed by atoms with Crippen LogP contribution in [0.2, 0.25) is 0 Å². The molecule has 5 rings (SSSR count). The number of carbonyl (C=O) groups is 1. The highest BCUT2D eigenvalue weighted by Crippen LogP contribution is 2.48. The zero-order valence-electron chi connectivity index (χ0n) is 16.5. The number of amides is 1. The molecule has 5 nitrogen and oxygen atoms in total. The maximum absolute atomic E-state index is 13.7. The Bertz CT molecular complexity index is 1260. The number of nitrogens with one attached hydrogen (secondary N) is 2. The Labute approximate surface area is 172 Å². The molecule has 0 aliphatic heterocycles. The number of H-pyrrole nitrogens is 1. The molecule has 1 aromatic heterocycles. The number of hydrogen-bond donors (Lipinski definition) is 2. The fraction of sp³-hybridized carbons (Fsp3) is 0.375. The molecule has 2 aliphatic rings. The number of fused-ring (bicyclic) bond motifs is 5. The Morgan fingerprint density at radius 1 is 1.23 bits per heavy atom. The van der Waals surface area contributed by atoms with Crippen molar-refractivity contribution < 1.29 is 9.18 Å². The third-order valence-electron chi connectivity index (χ3n) is 6.87. The largest absolute Gasteiger partial charge is 0.340 e. The standard InChI is InChI=1S/C24H22FN3O2/c25-16-6-7-18-20(11-16)24(30)28-21-3-1-2-15(22(18)21)10-17(12-26)27-23(29)19-9-13-4-5-14(19)8-13/h1-3,6-7,11,13-14,17,19H,4-5,8-10H2,(H,27,29)(H,28,30)/t13-,14+,17?,19+/m1/s1. The van der Waals surface area contributed by atoms with Gasteiger partial charge in [0.15, 0.2) is 0 Å². The predicted octanol–water partition coefficient (Wildman–Crippen LogP) is 3.81. The number of carbonyl (C=O) groups excluding carboxylic acids is 1. The van der Waals surface area contributed by atoms with E-state index in [0.29, 0.717) is 29.2 Å². The molecule has 2 aromatic carbocycles. The van der Waals surface area contributed by atoms with Crippen LogP contribution in [0.5, 0.6) is 0 Å². The Hall–Kier alpha value is -3.20. The topological polar surface area (TPSA) is 85.8 Å². The van der Waals surface area contributed by atoms with Gasteiger partial charge in [-0.2, -0.15) is 5.26 Å². The molecule has 3 aromatic rings. The summed E-state index contributed by atoms with van der Waals surface area (Å²) in [5.74, 6) is 0.642. The van der Waals surface area contributed by atoms with Crippen molar-refractivity contribution in [2.24, 2.45) is 17.8 Å². The number of aromatic nitrogens is 1. The molecule has 2 N–H and O–H groups in total. The Kier molecular flexibility index (Phi) is 4.54. The minimum Gasteiger partial charge on any atom is -0.340 e. The van der Waals surface area contributed by atoms with Crippen molar-refractivity contribution in [2.75, 3.05) is 0 Å². The van der Waals surface area contributed by atoms with E-state index in [-0.39, 0.29) is 22.8 Å². The van der Waals surface area contributed by atoms with Crippen LogP contribution in [0, 0.1) is 34.9 Å². The van der Waals surface area contributed by atoms with Crippen molar-refractivity contribution in [3.8, 4) is 6.07 Å². The van der Waals surface area contributed by atoms with Crippen LogP contribution in [0.3, 0.4) is 0 Å². The van der Waals surface area contributed by atoms with Crippen molar-refractivity contribution in [3.05, 3.63) is 58.1 Å². The quantitative estimate of drug-likeness (QED) is 0.650. The zero-order chi connectivity index (χ0) is 20.8. The first-order valence-corrected chi connectivity index (χ1v) is 10.5. The van der Waals surface area contributed by atoms with E-state index in [1.807, 2.05) is 12.1 Å². The van der Waals surface area contributed by atoms with E-state index in [4.69, 9.17) is 0 Å². The summed E-state index contributed by atoms with van der Waals surface area (Å²) < 4.78 is 13.7. The van der Waals surface area contributed by atoms with Gasteiger partial charge in [-0.25, -0.2) is 4.39 Å². The molecule has 0 spiro atoms. The van der Waals surface area contributed by atoms with Gasteiger partial charge in [-0.05, 0) is 60.2 Å². The number of halogens is 1. The van der Waals surface area contributed by atoms with E-state index in [1.54, 1.807) is 12.1 Å². The van der Waals surface area contributed by atoms with E-state index in [1.165, 1.54) is 18.6 Å². The average molecular weight is 403 g/mol. The molecule has 4 atom stereocenters. The summed E-state index contributed by atoms with van der Waals surface area (Å²) >= 11 is 0. The summed E-state index contributed by atoms with van der Waals surface area (Å²) in [6.07, 6.45) is 4.71. The highest BCUT2D eigenvalue weighted by Gasteiger charge is 2.43. The lowest BCUT2D eigenvalue weighted by molar-refractivity contribution is -0.126. The van der Waals surface area contributed by atoms with E-state index in [2.05, 4.69) is 16.4 Å². The van der Waals surface area contributed by atoms with Gasteiger partial charge in [-0.1, -0.05) is 24.6 Å². The lowest BCUT2D eigenvalue weighted by Gasteiger charge is -2.22. The molecule has 1 amide bonds. The van der Waals surface area contributed by atoms with Gasteiger partial charge in [0.2, 0.25) is 5.91 Å². The molecule has 30 heavy (non-hydrogen) atoms. The smallest absolute Gasteiger partial charge is 0.256 e. The first-order valence-electron chi connectivity index (χ1n) is 10.5. The van der Waals surface area contributed by atoms with Crippen LogP contribution in [0.4, 0.5) is 4.39 Å². The second-order valence-electron chi connectivity index (χ2n) is 8.66. The summed E-state index contributed by atoms with van der Waals surface area (Å²) in [6.45, 7) is 0. The molecule has 2 fully saturated rings. The lowest BCUT2D eigenvalue weighted by Crippen LogP contribution is -2.41. The number of nitrogens with zero attached hydrogens (tertiary/aromatic N) is 1. The molecule has 1 unspecified atom stereocenters. The second-order valence-corrected chi connectivity index (χ2v) is 8.66. The molecule has 6 heteroatoms. The van der Waals surface area contributed by atoms with Crippen LogP contribution in [-0.2, 0) is 11.2 Å². The molecule has 152 valence electrons. The summed E-state index contributed by atoms with van der Waals surface area (Å²) in [7, 11) is 0. The predicted molar refractivity (Wildman–Crippen MR) is 112 cm³/mol. The molecular weight excluding hydrogens is 381 g/mol. The van der Waals surface area contributed by atoms with Crippen molar-refractivity contribution in [2.45, 2.75) is 38.1 Å². The lowest BCUT2D eigenvalue weighted by atomic mass is 9.88. The summed E-state index contributed by atoms with van der Waals surface area (Å²) in [6, 6.07) is 11.2. The van der Waals surface area contributed by atoms with E-state index in [0.717, 1.165) is 30.2 Å². The highest BCUT2D eigenvalue weighted by molar-refractivity contribution is 6.07. The number of aromatic amines is 1. The van der Waals surface area contributed by atoms with E-state index >= 15 is 0 Å². The van der Waals surface area contributed by atoms with Crippen LogP contribution >= 0.6 is 0 Å². The third kappa shape index (κ3) is 3.15. The molecule has 2 aliphatic carbocycles. The van der Waals surface area contributed by atoms with Crippen LogP contribution < -0.4 is 10.9 Å². The van der Waals surface area contributed by atoms with Crippen LogP contribution in [0.25, 0.3) is 21.7 Å². The first kappa shape index (κ1) is 18.8. The Balaban J connectivity index is 1.47. The van der Waals surface area contributed by atoms with Gasteiger partial charge >= 0.3 is 0 Å². The van der Waals surface area contributed by atoms with Crippen molar-refractivity contribution in [1.82, 2.24) is 10.3 Å². The van der Waals surface area contributed by atoms with Crippen LogP contribution in [-0.4, -0.2) is 16.9 Å². The fourth-order valence-electron chi connectivity index (χ4n) is 5.50. The molecule has 0 radical (unpaired) electrons. The van der Waals surface area contributed by atoms with Crippen molar-refractivity contribution in [1.29, 1.82) is 5.26 Å². The maximum Gasteiger partial charge on any atom is 0.256 e. The van der Waals surface area contributed by atoms with Crippen molar-refractivity contribution in [3.63, 3.8) is 0 Å². The molecule has 1 heterocycles. The summed E-state index contributed by atoms with van der Waals surface area (Å²) in [5.41, 5.74) is 1.11. The monoisotopic (exact) mass is 403 g/mol. The van der Waals surface area contributed by atoms with Gasteiger partial charge in [-0.3, -0.25) is 9.59 Å². The van der Waals surface area contributed by atoms with Gasteiger partial charge in [0.05, 0.1) is 11.5 Å². The second kappa shape index (κ2) is 7.24. The summed E-state index contributed by atoms with van der Waals surface area (Å²) in [4.78, 5) is 28.0. The van der Waals surface area contributed by atoms with Gasteiger partial charge in [-0.15, -0.1) is 0 Å². The first-order chi connectivity index (χ1) is 14.5. The maximum atomic E-state index is 13.7. The van der Waals surface area contributed by atoms with Gasteiger partial charge in [0.25, 0.3) is 5.56 Å². The average Bonchev–Trinajstić information content (AvgIpc) is 3.37. The van der Waals surface area contributed by atoms with Gasteiger partial charge < -0.3 is 10.3 Å². The Morgan fingerprint density at radius 2 is 2.10 bits per heavy atom. The fourth-order valence-corrected chi connectivity index (χ4v) is 5.50. The molecule has 2 saturated carbocycles. The number of nitriles is 1. The SMILES string of the molecule is N#CC(Cc1cccc2[nH]c(=O)c3cc(F)ccc3c12)NC(=O)[C@H]1C[C@@H]2CC[C@H]1C2. The number of pyridine rings is 1. The number of rotatable bonds is 4. The van der Waals surface area contributed by atoms with Gasteiger partial charge in [0, 0.05) is 23.2 Å². The van der Waals surface area contributed by atoms with E-state index in [9.17, 15) is 19.2 Å². The minimum atomic E-state index is -0.662. The molecule has 0 saturated heterocycles. The zero-order valence-corrected chi connectivity index (χ0v) is 16.5. The molecule has 2 bridgehead atoms. The Morgan fingerprint density at radius 3 is 2.83 bits per heavy atom. The molecular formula is C24H22FN3O2. The number of hydrogen-bond acceptors (Lipinski definition) is 3. The van der Waals surface area contributed by atoms with Crippen LogP contribution in [0.15, 0.2) is 41.2 Å². The highest BCUT2D eigenvalue weighted by atomic mass is 19.1.